The van der Waals surface area contributed by atoms with Crippen LogP contribution in [0.4, 0.5) is 18.9 Å². The number of nitrogens with zero attached hydrogens (tertiary/aromatic N) is 4. The van der Waals surface area contributed by atoms with Gasteiger partial charge in [-0.15, -0.1) is 5.10 Å². The van der Waals surface area contributed by atoms with E-state index in [0.717, 1.165) is 111 Å². The van der Waals surface area contributed by atoms with Crippen LogP contribution in [0.1, 0.15) is 112 Å². The first-order chi connectivity index (χ1) is 40.9. The van der Waals surface area contributed by atoms with E-state index in [4.69, 9.17) is 15.6 Å². The Morgan fingerprint density at radius 2 is 1.38 bits per heavy atom. The van der Waals surface area contributed by atoms with Gasteiger partial charge in [-0.05, 0) is 188 Å². The summed E-state index contributed by atoms with van der Waals surface area (Å²) in [5, 5.41) is 30.6. The summed E-state index contributed by atoms with van der Waals surface area (Å²) in [7, 11) is -10.3. The molecule has 1 amide bonds. The van der Waals surface area contributed by atoms with Crippen LogP contribution in [0.25, 0.3) is 66.4 Å². The molecule has 0 saturated carbocycles. The van der Waals surface area contributed by atoms with Crippen molar-refractivity contribution in [3.63, 3.8) is 0 Å². The Bertz CT molecular complexity index is 4350. The number of benzene rings is 7. The van der Waals surface area contributed by atoms with Gasteiger partial charge in [0.05, 0.1) is 27.9 Å². The highest BCUT2D eigenvalue weighted by Crippen LogP contribution is 2.46. The normalized spacial score (nSPS) is 13.7. The number of nitrogen functional groups attached to an aromatic ring is 1. The number of aromatic nitrogens is 3. The Labute approximate surface area is 492 Å². The lowest BCUT2D eigenvalue weighted by Gasteiger charge is -2.32. The SMILES string of the molecule is CC(=O)c1cc(C(=O)NCCCCCCn2cc(CCCCN3CCC(c4ccc(-c5cc(C(=O)O)cc6cc(-c7ccc(C(F)(F)F)cc7)ccc56)cc4)CC3)nn2)ccc1-c1c2ccc(=N)c(S(=O)(=O)O)c-2oc2c(S(=O)(=O)O)c(N)ccc12. The molecule has 3 aliphatic rings. The fourth-order valence-corrected chi connectivity index (χ4v) is 12.9. The topological polar surface area (TPSA) is 289 Å². The van der Waals surface area contributed by atoms with E-state index in [9.17, 15) is 58.6 Å². The Morgan fingerprint density at radius 3 is 2.07 bits per heavy atom. The van der Waals surface area contributed by atoms with Gasteiger partial charge >= 0.3 is 12.1 Å². The summed E-state index contributed by atoms with van der Waals surface area (Å²) in [4.78, 5) is 39.5. The molecular formula is C63H60F3N7O11S2. The van der Waals surface area contributed by atoms with Crippen LogP contribution in [0.2, 0.25) is 0 Å². The number of anilines is 1. The summed E-state index contributed by atoms with van der Waals surface area (Å²) >= 11 is 0. The minimum atomic E-state index is -5.16. The highest BCUT2D eigenvalue weighted by molar-refractivity contribution is 7.86. The lowest BCUT2D eigenvalue weighted by atomic mass is 9.87. The largest absolute Gasteiger partial charge is 0.478 e. The maximum absolute atomic E-state index is 13.4. The summed E-state index contributed by atoms with van der Waals surface area (Å²) in [6, 6.07) is 31.2. The minimum absolute atomic E-state index is 0.00199. The first-order valence-corrected chi connectivity index (χ1v) is 30.8. The summed E-state index contributed by atoms with van der Waals surface area (Å²) < 4.78 is 118. The zero-order valence-corrected chi connectivity index (χ0v) is 48.2. The lowest BCUT2D eigenvalue weighted by molar-refractivity contribution is -0.137. The van der Waals surface area contributed by atoms with Crippen molar-refractivity contribution in [2.24, 2.45) is 0 Å². The van der Waals surface area contributed by atoms with E-state index in [1.165, 1.54) is 61.0 Å². The molecule has 0 spiro atoms. The van der Waals surface area contributed by atoms with Gasteiger partial charge in [0.2, 0.25) is 0 Å². The third-order valence-electron chi connectivity index (χ3n) is 15.8. The van der Waals surface area contributed by atoms with E-state index in [2.05, 4.69) is 32.7 Å². The van der Waals surface area contributed by atoms with Crippen LogP contribution >= 0.6 is 0 Å². The molecule has 2 aliphatic heterocycles. The standard InChI is InChI=1S/C63H60F3N7O11S2/c1-37(74)52-34-43(16-20-49(52)56-50-21-23-54(67)59(85(78,79)80)57(50)84-58-51(56)22-24-55(68)60(58)86(81,82)83)61(75)69-27-5-2-3-6-29-73-36-47(70-71-73)8-4-7-28-72-30-25-40(26-31-72)38-9-11-41(12-10-38)53-35-45(62(76)77)33-44-32-42(15-19-48(44)53)39-13-17-46(18-14-39)63(64,65)66/h9-24,32-36,40,67H,2-8,25-31,68H2,1H3,(H,69,75)(H,76,77)(H,78,79,80)(H,81,82,83). The Kier molecular flexibility index (Phi) is 17.4. The molecule has 0 radical (unpaired) electrons. The number of amides is 1. The maximum atomic E-state index is 13.4. The fraction of sp³-hybridized carbons (Fsp3) is 0.270. The number of halogens is 3. The molecule has 1 fully saturated rings. The molecule has 0 unspecified atom stereocenters. The molecule has 18 nitrogen and oxygen atoms in total. The number of aromatic carboxylic acids is 1. The average Bonchev–Trinajstić information content (AvgIpc) is 0.812. The number of carboxylic acid groups (broad SMARTS) is 1. The predicted octanol–water partition coefficient (Wildman–Crippen LogP) is 12.0. The van der Waals surface area contributed by atoms with Crippen molar-refractivity contribution in [1.82, 2.24) is 25.2 Å². The summed E-state index contributed by atoms with van der Waals surface area (Å²) in [5.41, 5.74) is 9.64. The van der Waals surface area contributed by atoms with Gasteiger partial charge < -0.3 is 25.5 Å². The van der Waals surface area contributed by atoms with Crippen molar-refractivity contribution in [1.29, 1.82) is 5.41 Å². The van der Waals surface area contributed by atoms with Crippen molar-refractivity contribution in [2.75, 3.05) is 31.9 Å². The van der Waals surface area contributed by atoms with E-state index in [0.29, 0.717) is 41.9 Å². The molecule has 0 bridgehead atoms. The van der Waals surface area contributed by atoms with Crippen LogP contribution in [0.5, 0.6) is 0 Å². The second-order valence-electron chi connectivity index (χ2n) is 21.6. The van der Waals surface area contributed by atoms with Crippen LogP contribution in [0.15, 0.2) is 142 Å². The van der Waals surface area contributed by atoms with E-state index in [1.807, 2.05) is 41.2 Å². The van der Waals surface area contributed by atoms with Crippen LogP contribution < -0.4 is 16.4 Å². The van der Waals surface area contributed by atoms with Gasteiger partial charge in [0, 0.05) is 46.9 Å². The van der Waals surface area contributed by atoms with Crippen molar-refractivity contribution in [3.8, 4) is 44.7 Å². The van der Waals surface area contributed by atoms with Gasteiger partial charge in [-0.3, -0.25) is 28.8 Å². The number of Topliss-reactive ketones (excluding diaryl/α,β-unsaturated/α-hetero) is 1. The van der Waals surface area contributed by atoms with Gasteiger partial charge in [-0.1, -0.05) is 72.7 Å². The Morgan fingerprint density at radius 1 is 0.721 bits per heavy atom. The number of ketones is 1. The monoisotopic (exact) mass is 1210 g/mol. The number of rotatable bonds is 21. The molecular weight excluding hydrogens is 1150 g/mol. The van der Waals surface area contributed by atoms with Gasteiger partial charge in [0.25, 0.3) is 26.1 Å². The molecule has 0 atom stereocenters. The molecule has 6 aromatic carbocycles. The highest BCUT2D eigenvalue weighted by atomic mass is 32.2. The number of carboxylic acids is 1. The Hall–Kier alpha value is -8.61. The quantitative estimate of drug-likeness (QED) is 0.0128. The molecule has 1 aromatic heterocycles. The third kappa shape index (κ3) is 13.3. The van der Waals surface area contributed by atoms with E-state index in [1.54, 1.807) is 12.1 Å². The number of piperidine rings is 1. The number of nitrogens with two attached hydrogens (primary N) is 1. The molecule has 446 valence electrons. The lowest BCUT2D eigenvalue weighted by Crippen LogP contribution is -2.33. The average molecular weight is 1210 g/mol. The number of alkyl halides is 3. The first-order valence-electron chi connectivity index (χ1n) is 27.9. The molecule has 23 heteroatoms. The smallest absolute Gasteiger partial charge is 0.416 e. The molecule has 1 aliphatic carbocycles. The summed E-state index contributed by atoms with van der Waals surface area (Å²) in [6.07, 6.45) is 5.61. The number of aryl methyl sites for hydroxylation is 2. The van der Waals surface area contributed by atoms with Crippen LogP contribution in [-0.4, -0.2) is 94.8 Å². The zero-order valence-electron chi connectivity index (χ0n) is 46.5. The second-order valence-corrected chi connectivity index (χ2v) is 24.3. The van der Waals surface area contributed by atoms with Crippen molar-refractivity contribution in [2.45, 2.75) is 93.1 Å². The molecule has 1 saturated heterocycles. The second kappa shape index (κ2) is 24.8. The van der Waals surface area contributed by atoms with Gasteiger partial charge in [0.15, 0.2) is 26.9 Å². The van der Waals surface area contributed by atoms with Crippen LogP contribution in [0, 0.1) is 5.41 Å². The van der Waals surface area contributed by atoms with E-state index < -0.39 is 81.8 Å². The first kappa shape index (κ1) is 60.5. The van der Waals surface area contributed by atoms with Gasteiger partial charge in [-0.2, -0.15) is 30.0 Å². The number of hydrogen-bond acceptors (Lipinski definition) is 13. The molecule has 10 rings (SSSR count). The number of hydrogen-bond donors (Lipinski definition) is 6. The summed E-state index contributed by atoms with van der Waals surface area (Å²) in [6.45, 7) is 5.24. The molecule has 7 aromatic rings. The van der Waals surface area contributed by atoms with Gasteiger partial charge in [-0.25, -0.2) is 4.79 Å². The predicted molar refractivity (Wildman–Crippen MR) is 317 cm³/mol. The fourth-order valence-electron chi connectivity index (χ4n) is 11.4. The number of unbranched alkanes of at least 4 members (excludes halogenated alkanes) is 4. The van der Waals surface area contributed by atoms with Gasteiger partial charge in [0.1, 0.15) is 0 Å². The number of likely N-dealkylation sites (tertiary alicyclic amines) is 1. The molecule has 7 N–H and O–H groups in total. The van der Waals surface area contributed by atoms with Crippen molar-refractivity contribution in [3.05, 3.63) is 166 Å². The maximum Gasteiger partial charge on any atom is 0.416 e. The minimum Gasteiger partial charge on any atom is -0.478 e. The van der Waals surface area contributed by atoms with E-state index >= 15 is 0 Å². The Balaban J connectivity index is 0.661. The number of carbonyl (C=O) groups is 3. The molecule has 3 heterocycles. The highest BCUT2D eigenvalue weighted by Gasteiger charge is 2.33. The van der Waals surface area contributed by atoms with Crippen molar-refractivity contribution >= 4 is 65.3 Å². The van der Waals surface area contributed by atoms with Crippen LogP contribution in [0.3, 0.4) is 0 Å². The summed E-state index contributed by atoms with van der Waals surface area (Å²) in [5.74, 6) is -2.28. The van der Waals surface area contributed by atoms with Crippen molar-refractivity contribution < 1.29 is 63.0 Å². The zero-order chi connectivity index (χ0) is 61.2. The van der Waals surface area contributed by atoms with E-state index in [-0.39, 0.29) is 38.8 Å². The third-order valence-corrected chi connectivity index (χ3v) is 17.7. The number of nitrogens with one attached hydrogen (secondary N) is 2. The van der Waals surface area contributed by atoms with Crippen LogP contribution in [-0.2, 0) is 39.4 Å². The number of carbonyl (C=O) groups excluding carboxylic acids is 2. The molecule has 86 heavy (non-hydrogen) atoms. The number of fused-ring (bicyclic) bond motifs is 3.